The lowest BCUT2D eigenvalue weighted by Crippen LogP contribution is -2.15. The Morgan fingerprint density at radius 2 is 2.00 bits per heavy atom. The lowest BCUT2D eigenvalue weighted by Gasteiger charge is -1.96. The third kappa shape index (κ3) is 15.8. The van der Waals surface area contributed by atoms with Crippen molar-refractivity contribution in [3.63, 3.8) is 0 Å². The first-order valence-corrected chi connectivity index (χ1v) is 5.65. The fourth-order valence-corrected chi connectivity index (χ4v) is 0.476. The zero-order chi connectivity index (χ0) is 8.24. The summed E-state index contributed by atoms with van der Waals surface area (Å²) in [5.74, 6) is 0. The summed E-state index contributed by atoms with van der Waals surface area (Å²) in [6, 6.07) is 0. The van der Waals surface area contributed by atoms with E-state index in [1.807, 2.05) is 4.93 Å². The summed E-state index contributed by atoms with van der Waals surface area (Å²) in [5, 5.41) is 9.86. The van der Waals surface area contributed by atoms with E-state index in [0.717, 1.165) is 19.5 Å². The second kappa shape index (κ2) is 16.2. The van der Waals surface area contributed by atoms with E-state index in [0.29, 0.717) is 0 Å². The summed E-state index contributed by atoms with van der Waals surface area (Å²) in [7, 11) is 0. The molecule has 0 saturated carbocycles. The Balaban J connectivity index is 0. The Kier molecular flexibility index (Phi) is 21.0. The Morgan fingerprint density at radius 3 is 2.40 bits per heavy atom. The van der Waals surface area contributed by atoms with Crippen LogP contribution < -0.4 is 5.32 Å². The molecule has 0 aliphatic carbocycles. The van der Waals surface area contributed by atoms with Gasteiger partial charge in [-0.1, -0.05) is 29.5 Å². The van der Waals surface area contributed by atoms with E-state index < -0.39 is 0 Å². The van der Waals surface area contributed by atoms with Crippen LogP contribution in [0, 0.1) is 5.41 Å². The summed E-state index contributed by atoms with van der Waals surface area (Å²) in [6.45, 7) is 4.17. The molecule has 0 spiro atoms. The Bertz CT molecular complexity index is 57.6. The topological polar surface area (TPSA) is 35.9 Å². The molecule has 0 aliphatic heterocycles. The van der Waals surface area contributed by atoms with Crippen LogP contribution in [0.1, 0.15) is 19.8 Å². The number of hydrogen-bond acceptors (Lipinski definition) is 2. The van der Waals surface area contributed by atoms with E-state index >= 15 is 0 Å². The normalized spacial score (nSPS) is 7.90. The highest BCUT2D eigenvalue weighted by Gasteiger charge is 1.79. The van der Waals surface area contributed by atoms with Crippen LogP contribution in [0.15, 0.2) is 0 Å². The van der Waals surface area contributed by atoms with Crippen molar-refractivity contribution in [1.29, 1.82) is 5.41 Å². The largest absolute Gasteiger partial charge is 0.316 e. The molecule has 0 heterocycles. The highest BCUT2D eigenvalue weighted by molar-refractivity contribution is 14.1. The molecule has 0 rings (SSSR count). The third-order valence-electron chi connectivity index (χ3n) is 0.892. The Labute approximate surface area is 77.4 Å². The standard InChI is InChI=1S/C6H14N2.CH3I/c1-2-5-8-6-3-4-7;1-2/h4,7-8H,2-3,5-6H2,1H3;1H3. The lowest BCUT2D eigenvalue weighted by atomic mass is 10.4. The average molecular weight is 256 g/mol. The van der Waals surface area contributed by atoms with Crippen molar-refractivity contribution >= 4 is 28.8 Å². The molecule has 0 aromatic rings. The summed E-state index contributed by atoms with van der Waals surface area (Å²) in [6.07, 6.45) is 3.47. The van der Waals surface area contributed by atoms with Crippen LogP contribution >= 0.6 is 22.6 Å². The molecular weight excluding hydrogens is 239 g/mol. The maximum absolute atomic E-state index is 6.67. The summed E-state index contributed by atoms with van der Waals surface area (Å²) in [4.78, 5) is 1.97. The van der Waals surface area contributed by atoms with Crippen LogP contribution in [-0.2, 0) is 0 Å². The van der Waals surface area contributed by atoms with E-state index in [1.54, 1.807) is 0 Å². The summed E-state index contributed by atoms with van der Waals surface area (Å²) >= 11 is 2.15. The molecule has 0 aromatic heterocycles. The monoisotopic (exact) mass is 256 g/mol. The van der Waals surface area contributed by atoms with Gasteiger partial charge in [0.15, 0.2) is 0 Å². The number of halogens is 1. The van der Waals surface area contributed by atoms with Crippen LogP contribution in [0.3, 0.4) is 0 Å². The van der Waals surface area contributed by atoms with Crippen molar-refractivity contribution in [2.75, 3.05) is 18.0 Å². The van der Waals surface area contributed by atoms with Gasteiger partial charge in [-0.05, 0) is 30.5 Å². The molecule has 0 radical (unpaired) electrons. The minimum atomic E-state index is 0.861. The van der Waals surface area contributed by atoms with E-state index in [-0.39, 0.29) is 0 Å². The van der Waals surface area contributed by atoms with Crippen molar-refractivity contribution in [1.82, 2.24) is 5.32 Å². The van der Waals surface area contributed by atoms with Gasteiger partial charge < -0.3 is 10.7 Å². The molecule has 0 fully saturated rings. The zero-order valence-corrected chi connectivity index (χ0v) is 8.94. The fraction of sp³-hybridized carbons (Fsp3) is 0.857. The molecule has 2 N–H and O–H groups in total. The smallest absolute Gasteiger partial charge is 0.0000487 e. The number of nitrogens with one attached hydrogen (secondary N) is 2. The quantitative estimate of drug-likeness (QED) is 0.336. The van der Waals surface area contributed by atoms with Gasteiger partial charge in [0.05, 0.1) is 0 Å². The van der Waals surface area contributed by atoms with Crippen molar-refractivity contribution in [2.24, 2.45) is 0 Å². The molecule has 0 aromatic carbocycles. The first-order valence-electron chi connectivity index (χ1n) is 3.49. The SMILES string of the molecule is CCCNCCC=N.CI. The van der Waals surface area contributed by atoms with Crippen molar-refractivity contribution < 1.29 is 0 Å². The van der Waals surface area contributed by atoms with Crippen LogP contribution in [-0.4, -0.2) is 24.2 Å². The molecule has 62 valence electrons. The second-order valence-corrected chi connectivity index (χ2v) is 1.74. The maximum atomic E-state index is 6.67. The molecule has 0 aliphatic rings. The van der Waals surface area contributed by atoms with Gasteiger partial charge in [-0.2, -0.15) is 0 Å². The second-order valence-electron chi connectivity index (χ2n) is 1.74. The van der Waals surface area contributed by atoms with Crippen LogP contribution in [0.4, 0.5) is 0 Å². The lowest BCUT2D eigenvalue weighted by molar-refractivity contribution is 0.688. The van der Waals surface area contributed by atoms with Gasteiger partial charge in [0.2, 0.25) is 0 Å². The van der Waals surface area contributed by atoms with Gasteiger partial charge >= 0.3 is 0 Å². The first-order chi connectivity index (χ1) is 4.91. The first kappa shape index (κ1) is 13.0. The van der Waals surface area contributed by atoms with Gasteiger partial charge in [-0.15, -0.1) is 0 Å². The summed E-state index contributed by atoms with van der Waals surface area (Å²) < 4.78 is 0. The molecular formula is C7H17IN2. The van der Waals surface area contributed by atoms with Gasteiger partial charge in [0.25, 0.3) is 0 Å². The molecule has 10 heavy (non-hydrogen) atoms. The van der Waals surface area contributed by atoms with E-state index in [1.165, 1.54) is 12.6 Å². The highest BCUT2D eigenvalue weighted by atomic mass is 127. The number of rotatable bonds is 5. The molecule has 0 bridgehead atoms. The van der Waals surface area contributed by atoms with E-state index in [2.05, 4.69) is 34.8 Å². The molecule has 3 heteroatoms. The van der Waals surface area contributed by atoms with Crippen LogP contribution in [0.2, 0.25) is 0 Å². The van der Waals surface area contributed by atoms with Gasteiger partial charge in [-0.3, -0.25) is 0 Å². The zero-order valence-electron chi connectivity index (χ0n) is 6.78. The van der Waals surface area contributed by atoms with Gasteiger partial charge in [0, 0.05) is 6.54 Å². The van der Waals surface area contributed by atoms with Crippen LogP contribution in [0.25, 0.3) is 0 Å². The minimum Gasteiger partial charge on any atom is -0.316 e. The van der Waals surface area contributed by atoms with Crippen LogP contribution in [0.5, 0.6) is 0 Å². The van der Waals surface area contributed by atoms with E-state index in [4.69, 9.17) is 5.41 Å². The van der Waals surface area contributed by atoms with Gasteiger partial charge in [-0.25, -0.2) is 0 Å². The summed E-state index contributed by atoms with van der Waals surface area (Å²) in [5.41, 5.74) is 0. The number of alkyl halides is 1. The van der Waals surface area contributed by atoms with Crippen molar-refractivity contribution in [3.8, 4) is 0 Å². The number of hydrogen-bond donors (Lipinski definition) is 2. The Morgan fingerprint density at radius 1 is 1.40 bits per heavy atom. The average Bonchev–Trinajstić information content (AvgIpc) is 2.02. The third-order valence-corrected chi connectivity index (χ3v) is 0.892. The molecule has 0 atom stereocenters. The fourth-order valence-electron chi connectivity index (χ4n) is 0.476. The van der Waals surface area contributed by atoms with Crippen molar-refractivity contribution in [2.45, 2.75) is 19.8 Å². The van der Waals surface area contributed by atoms with E-state index in [9.17, 15) is 0 Å². The predicted octanol–water partition coefficient (Wildman–Crippen LogP) is 2.08. The van der Waals surface area contributed by atoms with Crippen molar-refractivity contribution in [3.05, 3.63) is 0 Å². The molecule has 0 saturated heterocycles. The molecule has 0 amide bonds. The predicted molar refractivity (Wildman–Crippen MR) is 56.5 cm³/mol. The minimum absolute atomic E-state index is 0.861. The van der Waals surface area contributed by atoms with Gasteiger partial charge in [0.1, 0.15) is 0 Å². The highest BCUT2D eigenvalue weighted by Crippen LogP contribution is 1.70. The molecule has 0 unspecified atom stereocenters. The molecule has 2 nitrogen and oxygen atoms in total. The Hall–Kier alpha value is 0.360. The maximum Gasteiger partial charge on any atom is 0.0000487 e.